The molecule has 0 aliphatic rings. The van der Waals surface area contributed by atoms with Crippen LogP contribution >= 0.6 is 0 Å². The highest BCUT2D eigenvalue weighted by Crippen LogP contribution is 2.06. The molecule has 0 aromatic carbocycles. The quantitative estimate of drug-likeness (QED) is 0.432. The predicted octanol–water partition coefficient (Wildman–Crippen LogP) is 0.539. The van der Waals surface area contributed by atoms with Crippen LogP contribution in [0.15, 0.2) is 28.5 Å². The van der Waals surface area contributed by atoms with Gasteiger partial charge in [0.15, 0.2) is 0 Å². The Labute approximate surface area is 80.3 Å². The Hall–Kier alpha value is -2.04. The van der Waals surface area contributed by atoms with E-state index in [9.17, 15) is 9.59 Å². The highest BCUT2D eigenvalue weighted by atomic mass is 16.5. The summed E-state index contributed by atoms with van der Waals surface area (Å²) in [7, 11) is 1.23. The van der Waals surface area contributed by atoms with Crippen molar-refractivity contribution in [3.05, 3.63) is 29.9 Å². The summed E-state index contributed by atoms with van der Waals surface area (Å²) in [5.74, 6) is -0.173. The Morgan fingerprint density at radius 3 is 2.93 bits per heavy atom. The maximum Gasteiger partial charge on any atom is 0.354 e. The molecule has 0 saturated carbocycles. The molecule has 14 heavy (non-hydrogen) atoms. The zero-order valence-electron chi connectivity index (χ0n) is 7.52. The van der Waals surface area contributed by atoms with Crippen molar-refractivity contribution in [2.45, 2.75) is 0 Å². The summed E-state index contributed by atoms with van der Waals surface area (Å²) in [6.45, 7) is 0. The largest absolute Gasteiger partial charge is 0.465 e. The molecule has 1 aromatic heterocycles. The van der Waals surface area contributed by atoms with Crippen molar-refractivity contribution in [1.29, 1.82) is 0 Å². The van der Waals surface area contributed by atoms with Gasteiger partial charge in [0, 0.05) is 6.08 Å². The van der Waals surface area contributed by atoms with E-state index in [1.54, 1.807) is 12.1 Å². The molecule has 0 atom stereocenters. The molecule has 1 aromatic rings. The molecule has 74 valence electrons. The molecular formula is C9H9NO4. The van der Waals surface area contributed by atoms with Crippen LogP contribution in [0.1, 0.15) is 5.76 Å². The standard InChI is InChI=1S/C9H9NO4/c1-13-9(12)8(10-6-11)5-7-3-2-4-14-7/h2-6H,1H3,(H,10,11)/b8-5-. The Balaban J connectivity index is 2.86. The van der Waals surface area contributed by atoms with E-state index in [1.165, 1.54) is 19.4 Å². The third kappa shape index (κ3) is 2.48. The molecule has 1 amide bonds. The van der Waals surface area contributed by atoms with Gasteiger partial charge >= 0.3 is 5.97 Å². The van der Waals surface area contributed by atoms with Gasteiger partial charge in [0.2, 0.25) is 6.41 Å². The SMILES string of the molecule is COC(=O)/C(=C/c1ccco1)NC=O. The van der Waals surface area contributed by atoms with Gasteiger partial charge in [-0.15, -0.1) is 0 Å². The molecule has 1 N–H and O–H groups in total. The van der Waals surface area contributed by atoms with E-state index in [2.05, 4.69) is 10.1 Å². The van der Waals surface area contributed by atoms with Crippen molar-refractivity contribution in [1.82, 2.24) is 5.32 Å². The third-order valence-electron chi connectivity index (χ3n) is 1.45. The van der Waals surface area contributed by atoms with E-state index in [0.29, 0.717) is 12.2 Å². The van der Waals surface area contributed by atoms with Crippen LogP contribution in [0.2, 0.25) is 0 Å². The number of rotatable bonds is 4. The number of carbonyl (C=O) groups excluding carboxylic acids is 2. The second-order valence-corrected chi connectivity index (χ2v) is 2.33. The van der Waals surface area contributed by atoms with Crippen LogP contribution in [0.4, 0.5) is 0 Å². The van der Waals surface area contributed by atoms with Gasteiger partial charge in [0.05, 0.1) is 13.4 Å². The monoisotopic (exact) mass is 195 g/mol. The van der Waals surface area contributed by atoms with Gasteiger partial charge in [-0.1, -0.05) is 0 Å². The predicted molar refractivity (Wildman–Crippen MR) is 47.9 cm³/mol. The van der Waals surface area contributed by atoms with E-state index in [0.717, 1.165) is 0 Å². The van der Waals surface area contributed by atoms with Crippen molar-refractivity contribution in [2.75, 3.05) is 7.11 Å². The summed E-state index contributed by atoms with van der Waals surface area (Å²) in [5.41, 5.74) is 0.0254. The van der Waals surface area contributed by atoms with Crippen LogP contribution in [-0.4, -0.2) is 19.5 Å². The fraction of sp³-hybridized carbons (Fsp3) is 0.111. The van der Waals surface area contributed by atoms with Crippen molar-refractivity contribution in [2.24, 2.45) is 0 Å². The van der Waals surface area contributed by atoms with Crippen molar-refractivity contribution >= 4 is 18.5 Å². The number of furan rings is 1. The van der Waals surface area contributed by atoms with Gasteiger partial charge in [-0.3, -0.25) is 4.79 Å². The van der Waals surface area contributed by atoms with E-state index in [1.807, 2.05) is 0 Å². The normalized spacial score (nSPS) is 10.8. The molecule has 0 aliphatic heterocycles. The zero-order chi connectivity index (χ0) is 10.4. The first-order valence-corrected chi connectivity index (χ1v) is 3.81. The minimum atomic E-state index is -0.631. The fourth-order valence-electron chi connectivity index (χ4n) is 0.849. The smallest absolute Gasteiger partial charge is 0.354 e. The van der Waals surface area contributed by atoms with E-state index >= 15 is 0 Å². The first-order chi connectivity index (χ1) is 6.77. The van der Waals surface area contributed by atoms with Gasteiger partial charge in [0.25, 0.3) is 0 Å². The zero-order valence-corrected chi connectivity index (χ0v) is 7.52. The Morgan fingerprint density at radius 1 is 1.64 bits per heavy atom. The number of esters is 1. The maximum absolute atomic E-state index is 11.1. The maximum atomic E-state index is 11.1. The molecule has 1 heterocycles. The first-order valence-electron chi connectivity index (χ1n) is 3.81. The topological polar surface area (TPSA) is 68.5 Å². The highest BCUT2D eigenvalue weighted by Gasteiger charge is 2.08. The summed E-state index contributed by atoms with van der Waals surface area (Å²) in [4.78, 5) is 21.2. The summed E-state index contributed by atoms with van der Waals surface area (Å²) in [6, 6.07) is 3.32. The van der Waals surface area contributed by atoms with Crippen LogP contribution in [0.5, 0.6) is 0 Å². The molecule has 5 nitrogen and oxygen atoms in total. The Kier molecular flexibility index (Phi) is 3.49. The summed E-state index contributed by atoms with van der Waals surface area (Å²) < 4.78 is 9.41. The fourth-order valence-corrected chi connectivity index (χ4v) is 0.849. The summed E-state index contributed by atoms with van der Waals surface area (Å²) in [6.07, 6.45) is 3.23. The molecule has 0 unspecified atom stereocenters. The number of carbonyl (C=O) groups is 2. The molecular weight excluding hydrogens is 186 g/mol. The van der Waals surface area contributed by atoms with E-state index < -0.39 is 5.97 Å². The Morgan fingerprint density at radius 2 is 2.43 bits per heavy atom. The van der Waals surface area contributed by atoms with Crippen molar-refractivity contribution < 1.29 is 18.7 Å². The lowest BCUT2D eigenvalue weighted by atomic mass is 10.3. The van der Waals surface area contributed by atoms with E-state index in [-0.39, 0.29) is 5.70 Å². The Bertz CT molecular complexity index is 340. The second-order valence-electron chi connectivity index (χ2n) is 2.33. The number of ether oxygens (including phenoxy) is 1. The van der Waals surface area contributed by atoms with Crippen LogP contribution < -0.4 is 5.32 Å². The van der Waals surface area contributed by atoms with E-state index in [4.69, 9.17) is 4.42 Å². The third-order valence-corrected chi connectivity index (χ3v) is 1.45. The number of hydrogen-bond acceptors (Lipinski definition) is 4. The number of methoxy groups -OCH3 is 1. The van der Waals surface area contributed by atoms with Crippen LogP contribution in [0.25, 0.3) is 6.08 Å². The van der Waals surface area contributed by atoms with Gasteiger partial charge in [-0.2, -0.15) is 0 Å². The number of nitrogens with one attached hydrogen (secondary N) is 1. The molecule has 0 saturated heterocycles. The second kappa shape index (κ2) is 4.86. The van der Waals surface area contributed by atoms with Crippen LogP contribution in [-0.2, 0) is 14.3 Å². The lowest BCUT2D eigenvalue weighted by molar-refractivity contribution is -0.137. The lowest BCUT2D eigenvalue weighted by Crippen LogP contribution is -2.19. The minimum absolute atomic E-state index is 0.0254. The van der Waals surface area contributed by atoms with Crippen LogP contribution in [0.3, 0.4) is 0 Å². The average molecular weight is 195 g/mol. The average Bonchev–Trinajstić information content (AvgIpc) is 2.68. The van der Waals surface area contributed by atoms with Crippen molar-refractivity contribution in [3.8, 4) is 0 Å². The van der Waals surface area contributed by atoms with Gasteiger partial charge in [-0.05, 0) is 12.1 Å². The van der Waals surface area contributed by atoms with Crippen molar-refractivity contribution in [3.63, 3.8) is 0 Å². The molecule has 0 fully saturated rings. The molecule has 1 rings (SSSR count). The number of amides is 1. The molecule has 0 bridgehead atoms. The molecule has 0 spiro atoms. The highest BCUT2D eigenvalue weighted by molar-refractivity contribution is 5.94. The summed E-state index contributed by atoms with van der Waals surface area (Å²) in [5, 5.41) is 2.22. The van der Waals surface area contributed by atoms with Crippen LogP contribution in [0, 0.1) is 0 Å². The van der Waals surface area contributed by atoms with Gasteiger partial charge < -0.3 is 14.5 Å². The minimum Gasteiger partial charge on any atom is -0.465 e. The summed E-state index contributed by atoms with van der Waals surface area (Å²) >= 11 is 0. The van der Waals surface area contributed by atoms with Gasteiger partial charge in [0.1, 0.15) is 11.5 Å². The lowest BCUT2D eigenvalue weighted by Gasteiger charge is -2.01. The van der Waals surface area contributed by atoms with Gasteiger partial charge in [-0.25, -0.2) is 4.79 Å². The molecule has 0 aliphatic carbocycles. The number of hydrogen-bond donors (Lipinski definition) is 1. The molecule has 0 radical (unpaired) electrons. The first kappa shape index (κ1) is 10.0. The molecule has 5 heteroatoms.